The van der Waals surface area contributed by atoms with Crippen molar-refractivity contribution in [3.63, 3.8) is 0 Å². The van der Waals surface area contributed by atoms with Crippen LogP contribution in [0.4, 0.5) is 10.1 Å². The molecule has 2 rings (SSSR count). The Morgan fingerprint density at radius 2 is 2.32 bits per heavy atom. The number of nitrogens with one attached hydrogen (secondary N) is 1. The molecule has 5 nitrogen and oxygen atoms in total. The molecule has 6 heteroatoms. The molecule has 0 bridgehead atoms. The van der Waals surface area contributed by atoms with Crippen LogP contribution in [-0.2, 0) is 4.79 Å². The predicted octanol–water partition coefficient (Wildman–Crippen LogP) is 0.758. The summed E-state index contributed by atoms with van der Waals surface area (Å²) in [4.78, 5) is 25.5. The number of rotatable bonds is 2. The number of piperazine rings is 1. The molecule has 1 atom stereocenters. The first-order chi connectivity index (χ1) is 9.04. The maximum Gasteiger partial charge on any atom is 0.254 e. The summed E-state index contributed by atoms with van der Waals surface area (Å²) in [6.07, 6.45) is 0.523. The highest BCUT2D eigenvalue weighted by Crippen LogP contribution is 2.17. The quantitative estimate of drug-likeness (QED) is 0.775. The first-order valence-electron chi connectivity index (χ1n) is 6.18. The van der Waals surface area contributed by atoms with Crippen molar-refractivity contribution in [3.8, 4) is 0 Å². The van der Waals surface area contributed by atoms with Gasteiger partial charge in [0.25, 0.3) is 5.91 Å². The summed E-state index contributed by atoms with van der Waals surface area (Å²) in [6, 6.07) is 3.44. The molecular formula is C13H16FN3O2. The Bertz CT molecular complexity index is 519. The van der Waals surface area contributed by atoms with Crippen LogP contribution in [0.15, 0.2) is 18.2 Å². The van der Waals surface area contributed by atoms with Gasteiger partial charge < -0.3 is 16.0 Å². The zero-order chi connectivity index (χ0) is 14.0. The van der Waals surface area contributed by atoms with Crippen LogP contribution in [0, 0.1) is 5.82 Å². The lowest BCUT2D eigenvalue weighted by Gasteiger charge is -2.34. The summed E-state index contributed by atoms with van der Waals surface area (Å²) in [5.74, 6) is -1.14. The lowest BCUT2D eigenvalue weighted by molar-refractivity contribution is -0.127. The van der Waals surface area contributed by atoms with Gasteiger partial charge in [-0.2, -0.15) is 0 Å². The second kappa shape index (κ2) is 5.26. The third-order valence-corrected chi connectivity index (χ3v) is 3.23. The van der Waals surface area contributed by atoms with Gasteiger partial charge in [0.15, 0.2) is 0 Å². The normalized spacial score (nSPS) is 19.2. The highest BCUT2D eigenvalue weighted by atomic mass is 19.1. The van der Waals surface area contributed by atoms with Crippen LogP contribution >= 0.6 is 0 Å². The van der Waals surface area contributed by atoms with E-state index in [0.29, 0.717) is 19.5 Å². The fraction of sp³-hybridized carbons (Fsp3) is 0.385. The highest BCUT2D eigenvalue weighted by Gasteiger charge is 2.32. The van der Waals surface area contributed by atoms with Gasteiger partial charge in [-0.3, -0.25) is 9.59 Å². The van der Waals surface area contributed by atoms with E-state index in [1.165, 1.54) is 17.0 Å². The molecule has 0 aromatic heterocycles. The van der Waals surface area contributed by atoms with E-state index in [4.69, 9.17) is 5.73 Å². The van der Waals surface area contributed by atoms with Gasteiger partial charge in [-0.25, -0.2) is 4.39 Å². The predicted molar refractivity (Wildman–Crippen MR) is 68.9 cm³/mol. The number of hydrogen-bond donors (Lipinski definition) is 2. The molecule has 102 valence electrons. The van der Waals surface area contributed by atoms with Gasteiger partial charge in [-0.15, -0.1) is 0 Å². The molecule has 2 amide bonds. The Labute approximate surface area is 110 Å². The molecule has 1 saturated heterocycles. The van der Waals surface area contributed by atoms with Crippen LogP contribution in [0.2, 0.25) is 0 Å². The van der Waals surface area contributed by atoms with Gasteiger partial charge in [0.05, 0.1) is 5.69 Å². The fourth-order valence-corrected chi connectivity index (χ4v) is 2.19. The number of hydrogen-bond acceptors (Lipinski definition) is 3. The second-order valence-corrected chi connectivity index (χ2v) is 4.45. The maximum absolute atomic E-state index is 13.4. The van der Waals surface area contributed by atoms with Crippen molar-refractivity contribution in [1.82, 2.24) is 10.2 Å². The maximum atomic E-state index is 13.4. The summed E-state index contributed by atoms with van der Waals surface area (Å²) >= 11 is 0. The van der Waals surface area contributed by atoms with Crippen LogP contribution in [-0.4, -0.2) is 35.8 Å². The Morgan fingerprint density at radius 3 is 2.95 bits per heavy atom. The second-order valence-electron chi connectivity index (χ2n) is 4.45. The zero-order valence-electron chi connectivity index (χ0n) is 10.6. The Kier molecular flexibility index (Phi) is 3.69. The number of nitrogen functional groups attached to an aromatic ring is 1. The highest BCUT2D eigenvalue weighted by molar-refractivity contribution is 5.98. The minimum atomic E-state index is -0.625. The van der Waals surface area contributed by atoms with Crippen molar-refractivity contribution in [2.45, 2.75) is 19.4 Å². The summed E-state index contributed by atoms with van der Waals surface area (Å²) in [5, 5.41) is 2.71. The lowest BCUT2D eigenvalue weighted by Crippen LogP contribution is -2.56. The van der Waals surface area contributed by atoms with Gasteiger partial charge in [0, 0.05) is 18.7 Å². The molecule has 0 radical (unpaired) electrons. The summed E-state index contributed by atoms with van der Waals surface area (Å²) in [6.45, 7) is 2.67. The molecule has 1 unspecified atom stereocenters. The van der Waals surface area contributed by atoms with E-state index in [0.717, 1.165) is 6.07 Å². The Morgan fingerprint density at radius 1 is 1.58 bits per heavy atom. The standard InChI is InChI=1S/C13H16FN3O2/c1-2-11-12(18)16-5-6-17(11)13(19)8-3-4-10(15)9(14)7-8/h3-4,7,11H,2,5-6,15H2,1H3,(H,16,18). The number of carbonyl (C=O) groups is 2. The molecule has 1 aromatic rings. The molecule has 0 saturated carbocycles. The minimum Gasteiger partial charge on any atom is -0.396 e. The van der Waals surface area contributed by atoms with E-state index >= 15 is 0 Å². The number of benzene rings is 1. The van der Waals surface area contributed by atoms with Gasteiger partial charge in [0.2, 0.25) is 5.91 Å². The SMILES string of the molecule is CCC1C(=O)NCCN1C(=O)c1ccc(N)c(F)c1. The van der Waals surface area contributed by atoms with Crippen LogP contribution < -0.4 is 11.1 Å². The molecule has 0 spiro atoms. The van der Waals surface area contributed by atoms with Crippen molar-refractivity contribution in [2.24, 2.45) is 0 Å². The minimum absolute atomic E-state index is 0.0000197. The number of amides is 2. The van der Waals surface area contributed by atoms with Crippen LogP contribution in [0.3, 0.4) is 0 Å². The molecule has 1 aliphatic rings. The molecule has 0 aliphatic carbocycles. The van der Waals surface area contributed by atoms with Crippen LogP contribution in [0.1, 0.15) is 23.7 Å². The van der Waals surface area contributed by atoms with Gasteiger partial charge in [0.1, 0.15) is 11.9 Å². The Hall–Kier alpha value is -2.11. The summed E-state index contributed by atoms with van der Waals surface area (Å²) in [5.41, 5.74) is 5.59. The largest absolute Gasteiger partial charge is 0.396 e. The molecule has 1 aliphatic heterocycles. The number of anilines is 1. The molecule has 1 aromatic carbocycles. The van der Waals surface area contributed by atoms with Crippen molar-refractivity contribution in [3.05, 3.63) is 29.6 Å². The number of halogens is 1. The average molecular weight is 265 g/mol. The zero-order valence-corrected chi connectivity index (χ0v) is 10.6. The number of nitrogens with zero attached hydrogens (tertiary/aromatic N) is 1. The van der Waals surface area contributed by atoms with Gasteiger partial charge >= 0.3 is 0 Å². The molecular weight excluding hydrogens is 249 g/mol. The third kappa shape index (κ3) is 2.52. The number of carbonyl (C=O) groups excluding carboxylic acids is 2. The lowest BCUT2D eigenvalue weighted by atomic mass is 10.1. The molecule has 1 heterocycles. The Balaban J connectivity index is 2.26. The molecule has 19 heavy (non-hydrogen) atoms. The van der Waals surface area contributed by atoms with Crippen molar-refractivity contribution in [1.29, 1.82) is 0 Å². The van der Waals surface area contributed by atoms with Crippen molar-refractivity contribution >= 4 is 17.5 Å². The molecule has 1 fully saturated rings. The van der Waals surface area contributed by atoms with Gasteiger partial charge in [-0.1, -0.05) is 6.92 Å². The summed E-state index contributed by atoms with van der Waals surface area (Å²) < 4.78 is 13.4. The number of nitrogens with two attached hydrogens (primary N) is 1. The topological polar surface area (TPSA) is 75.4 Å². The van der Waals surface area contributed by atoms with E-state index < -0.39 is 11.9 Å². The van der Waals surface area contributed by atoms with E-state index in [2.05, 4.69) is 5.32 Å². The van der Waals surface area contributed by atoms with Crippen molar-refractivity contribution in [2.75, 3.05) is 18.8 Å². The first-order valence-corrected chi connectivity index (χ1v) is 6.18. The van der Waals surface area contributed by atoms with E-state index in [1.54, 1.807) is 0 Å². The molecule has 3 N–H and O–H groups in total. The fourth-order valence-electron chi connectivity index (χ4n) is 2.19. The van der Waals surface area contributed by atoms with Crippen molar-refractivity contribution < 1.29 is 14.0 Å². The van der Waals surface area contributed by atoms with E-state index in [1.807, 2.05) is 6.92 Å². The third-order valence-electron chi connectivity index (χ3n) is 3.23. The van der Waals surface area contributed by atoms with E-state index in [-0.39, 0.29) is 23.1 Å². The smallest absolute Gasteiger partial charge is 0.254 e. The first kappa shape index (κ1) is 13.3. The van der Waals surface area contributed by atoms with Crippen LogP contribution in [0.25, 0.3) is 0 Å². The van der Waals surface area contributed by atoms with E-state index in [9.17, 15) is 14.0 Å². The van der Waals surface area contributed by atoms with Gasteiger partial charge in [-0.05, 0) is 24.6 Å². The summed E-state index contributed by atoms with van der Waals surface area (Å²) in [7, 11) is 0. The average Bonchev–Trinajstić information content (AvgIpc) is 2.40. The monoisotopic (exact) mass is 265 g/mol. The van der Waals surface area contributed by atoms with Crippen LogP contribution in [0.5, 0.6) is 0 Å².